The van der Waals surface area contributed by atoms with Crippen molar-refractivity contribution in [2.75, 3.05) is 5.32 Å². The molecule has 0 radical (unpaired) electrons. The summed E-state index contributed by atoms with van der Waals surface area (Å²) in [6.07, 6.45) is 0. The van der Waals surface area contributed by atoms with Gasteiger partial charge in [-0.15, -0.1) is 11.3 Å². The molecule has 8 nitrogen and oxygen atoms in total. The summed E-state index contributed by atoms with van der Waals surface area (Å²) >= 11 is 1.56. The van der Waals surface area contributed by atoms with Gasteiger partial charge in [0.25, 0.3) is 5.56 Å². The van der Waals surface area contributed by atoms with Gasteiger partial charge in [-0.25, -0.2) is 5.10 Å². The molecule has 0 bridgehead atoms. The van der Waals surface area contributed by atoms with Crippen LogP contribution in [-0.4, -0.2) is 30.4 Å². The number of H-pyrrole nitrogens is 1. The molecule has 122 valence electrons. The summed E-state index contributed by atoms with van der Waals surface area (Å²) in [5, 5.41) is 23.8. The lowest BCUT2D eigenvalue weighted by Crippen LogP contribution is -2.29. The minimum Gasteiger partial charge on any atom is -0.318 e. The number of benzene rings is 1. The molecule has 0 amide bonds. The monoisotopic (exact) mass is 349 g/mol. The van der Waals surface area contributed by atoms with Gasteiger partial charge in [-0.2, -0.15) is 9.78 Å². The largest absolute Gasteiger partial charge is 0.318 e. The Balaban J connectivity index is 1.85. The van der Waals surface area contributed by atoms with E-state index in [2.05, 4.69) is 31.0 Å². The predicted octanol–water partition coefficient (Wildman–Crippen LogP) is 2.18. The first-order chi connectivity index (χ1) is 12.3. The van der Waals surface area contributed by atoms with Crippen LogP contribution in [0.5, 0.6) is 0 Å². The molecule has 1 atom stereocenters. The van der Waals surface area contributed by atoms with Crippen LogP contribution in [0.3, 0.4) is 0 Å². The molecule has 1 unspecified atom stereocenters. The van der Waals surface area contributed by atoms with E-state index in [4.69, 9.17) is 0 Å². The minimum absolute atomic E-state index is 0.300. The Morgan fingerprint density at radius 1 is 1.12 bits per heavy atom. The second kappa shape index (κ2) is 5.35. The lowest BCUT2D eigenvalue weighted by atomic mass is 9.94. The standard InChI is InChI=1S/C16H11N7OS/c24-15-13-11(12(18-19-15)10-7-4-8-25-10)14(9-5-2-1-3-6-9)23-16(17-13)20-21-22-23/h1-8,14H,(H,19,24)(H,17,20,22). The van der Waals surface area contributed by atoms with Crippen molar-refractivity contribution in [2.24, 2.45) is 0 Å². The molecule has 3 aromatic heterocycles. The van der Waals surface area contributed by atoms with E-state index in [1.165, 1.54) is 0 Å². The van der Waals surface area contributed by atoms with Gasteiger partial charge in [0, 0.05) is 5.56 Å². The van der Waals surface area contributed by atoms with Crippen molar-refractivity contribution in [2.45, 2.75) is 6.04 Å². The maximum absolute atomic E-state index is 12.4. The number of nitrogens with one attached hydrogen (secondary N) is 2. The lowest BCUT2D eigenvalue weighted by Gasteiger charge is -2.27. The Labute approximate surface area is 145 Å². The average molecular weight is 349 g/mol. The van der Waals surface area contributed by atoms with Gasteiger partial charge in [0.15, 0.2) is 0 Å². The zero-order valence-electron chi connectivity index (χ0n) is 12.7. The van der Waals surface area contributed by atoms with Gasteiger partial charge in [-0.3, -0.25) is 4.79 Å². The molecule has 0 saturated carbocycles. The number of aromatic amines is 1. The van der Waals surface area contributed by atoms with Crippen LogP contribution >= 0.6 is 11.3 Å². The zero-order chi connectivity index (χ0) is 16.8. The van der Waals surface area contributed by atoms with Crippen molar-refractivity contribution in [1.82, 2.24) is 30.4 Å². The molecule has 0 fully saturated rings. The summed E-state index contributed by atoms with van der Waals surface area (Å²) in [7, 11) is 0. The van der Waals surface area contributed by atoms with Crippen molar-refractivity contribution in [3.8, 4) is 10.6 Å². The molecule has 25 heavy (non-hydrogen) atoms. The van der Waals surface area contributed by atoms with Gasteiger partial charge >= 0.3 is 0 Å². The van der Waals surface area contributed by atoms with Crippen LogP contribution in [0.15, 0.2) is 52.6 Å². The van der Waals surface area contributed by atoms with Crippen molar-refractivity contribution in [3.63, 3.8) is 0 Å². The van der Waals surface area contributed by atoms with E-state index in [1.54, 1.807) is 16.0 Å². The van der Waals surface area contributed by atoms with E-state index < -0.39 is 0 Å². The molecular formula is C16H11N7OS. The first-order valence-electron chi connectivity index (χ1n) is 7.59. The number of anilines is 2. The van der Waals surface area contributed by atoms with Gasteiger partial charge in [0.05, 0.1) is 4.88 Å². The average Bonchev–Trinajstić information content (AvgIpc) is 3.33. The van der Waals surface area contributed by atoms with Gasteiger partial charge in [0.1, 0.15) is 17.4 Å². The SMILES string of the molecule is O=c1[nH]nc(-c2cccs2)c2c1Nc1nnnn1C2c1ccccc1. The second-order valence-electron chi connectivity index (χ2n) is 5.55. The number of nitrogens with zero attached hydrogens (tertiary/aromatic N) is 5. The van der Waals surface area contributed by atoms with E-state index in [-0.39, 0.29) is 11.6 Å². The summed E-state index contributed by atoms with van der Waals surface area (Å²) in [5.41, 5.74) is 2.58. The Morgan fingerprint density at radius 3 is 2.80 bits per heavy atom. The van der Waals surface area contributed by atoms with Crippen molar-refractivity contribution in [1.29, 1.82) is 0 Å². The van der Waals surface area contributed by atoms with E-state index in [1.807, 2.05) is 47.8 Å². The quantitative estimate of drug-likeness (QED) is 0.506. The number of hydrogen-bond donors (Lipinski definition) is 2. The van der Waals surface area contributed by atoms with E-state index >= 15 is 0 Å². The number of hydrogen-bond acceptors (Lipinski definition) is 7. The fraction of sp³-hybridized carbons (Fsp3) is 0.0625. The maximum atomic E-state index is 12.4. The molecular weight excluding hydrogens is 338 g/mol. The normalized spacial score (nSPS) is 15.3. The Kier molecular flexibility index (Phi) is 3.01. The Bertz CT molecular complexity index is 1100. The first-order valence-corrected chi connectivity index (χ1v) is 8.47. The third kappa shape index (κ3) is 2.09. The molecule has 2 N–H and O–H groups in total. The number of aromatic nitrogens is 6. The topological polar surface area (TPSA) is 101 Å². The third-order valence-electron chi connectivity index (χ3n) is 4.14. The highest BCUT2D eigenvalue weighted by Crippen LogP contribution is 2.41. The van der Waals surface area contributed by atoms with Gasteiger partial charge in [0.2, 0.25) is 5.95 Å². The smallest absolute Gasteiger partial charge is 0.288 e. The van der Waals surface area contributed by atoms with Gasteiger partial charge in [-0.1, -0.05) is 41.5 Å². The fourth-order valence-electron chi connectivity index (χ4n) is 3.08. The highest BCUT2D eigenvalue weighted by atomic mass is 32.1. The highest BCUT2D eigenvalue weighted by Gasteiger charge is 2.34. The number of tetrazole rings is 1. The van der Waals surface area contributed by atoms with Gasteiger partial charge in [-0.05, 0) is 27.4 Å². The molecule has 0 spiro atoms. The third-order valence-corrected chi connectivity index (χ3v) is 5.01. The lowest BCUT2D eigenvalue weighted by molar-refractivity contribution is 0.567. The minimum atomic E-state index is -0.339. The van der Waals surface area contributed by atoms with Crippen molar-refractivity contribution in [3.05, 3.63) is 69.3 Å². The molecule has 1 aromatic carbocycles. The van der Waals surface area contributed by atoms with Crippen LogP contribution in [0.1, 0.15) is 17.2 Å². The van der Waals surface area contributed by atoms with Crippen LogP contribution < -0.4 is 10.9 Å². The molecule has 0 aliphatic carbocycles. The van der Waals surface area contributed by atoms with Crippen molar-refractivity contribution >= 4 is 23.0 Å². The number of rotatable bonds is 2. The summed E-state index contributed by atoms with van der Waals surface area (Å²) in [6, 6.07) is 13.4. The molecule has 0 saturated heterocycles. The van der Waals surface area contributed by atoms with Crippen LogP contribution in [0.4, 0.5) is 11.6 Å². The summed E-state index contributed by atoms with van der Waals surface area (Å²) in [4.78, 5) is 13.4. The summed E-state index contributed by atoms with van der Waals surface area (Å²) in [6.45, 7) is 0. The predicted molar refractivity (Wildman–Crippen MR) is 93.0 cm³/mol. The molecule has 5 rings (SSSR count). The van der Waals surface area contributed by atoms with Crippen molar-refractivity contribution < 1.29 is 0 Å². The molecule has 9 heteroatoms. The maximum Gasteiger partial charge on any atom is 0.288 e. The fourth-order valence-corrected chi connectivity index (χ4v) is 3.81. The zero-order valence-corrected chi connectivity index (χ0v) is 13.6. The molecule has 4 heterocycles. The Hall–Kier alpha value is -3.33. The molecule has 4 aromatic rings. The molecule has 1 aliphatic heterocycles. The summed E-state index contributed by atoms with van der Waals surface area (Å²) in [5.74, 6) is 0.426. The number of fused-ring (bicyclic) bond motifs is 2. The van der Waals surface area contributed by atoms with Crippen LogP contribution in [-0.2, 0) is 0 Å². The van der Waals surface area contributed by atoms with Crippen LogP contribution in [0.2, 0.25) is 0 Å². The van der Waals surface area contributed by atoms with E-state index in [0.717, 1.165) is 16.0 Å². The first kappa shape index (κ1) is 14.1. The van der Waals surface area contributed by atoms with E-state index in [9.17, 15) is 4.79 Å². The second-order valence-corrected chi connectivity index (χ2v) is 6.50. The highest BCUT2D eigenvalue weighted by molar-refractivity contribution is 7.13. The van der Waals surface area contributed by atoms with E-state index in [0.29, 0.717) is 17.3 Å². The molecule has 1 aliphatic rings. The van der Waals surface area contributed by atoms with Gasteiger partial charge < -0.3 is 5.32 Å². The van der Waals surface area contributed by atoms with Crippen LogP contribution in [0, 0.1) is 0 Å². The summed E-state index contributed by atoms with van der Waals surface area (Å²) < 4.78 is 1.68. The number of thiophene rings is 1. The Morgan fingerprint density at radius 2 is 2.00 bits per heavy atom. The van der Waals surface area contributed by atoms with Crippen LogP contribution in [0.25, 0.3) is 10.6 Å².